The van der Waals surface area contributed by atoms with Gasteiger partial charge >= 0.3 is 0 Å². The third-order valence-corrected chi connectivity index (χ3v) is 3.17. The zero-order chi connectivity index (χ0) is 12.7. The Hall–Kier alpha value is -1.00. The van der Waals surface area contributed by atoms with Gasteiger partial charge in [-0.15, -0.1) is 0 Å². The van der Waals surface area contributed by atoms with Gasteiger partial charge in [0.25, 0.3) is 5.91 Å². The normalized spacial score (nSPS) is 12.2. The number of amides is 1. The molecule has 0 aliphatic rings. The van der Waals surface area contributed by atoms with Gasteiger partial charge in [0.1, 0.15) is 0 Å². The summed E-state index contributed by atoms with van der Waals surface area (Å²) in [5.74, 6) is 0.784. The van der Waals surface area contributed by atoms with Gasteiger partial charge in [-0.2, -0.15) is 11.8 Å². The van der Waals surface area contributed by atoms with Gasteiger partial charge in [-0.3, -0.25) is 4.79 Å². The van der Waals surface area contributed by atoms with Crippen molar-refractivity contribution in [3.05, 3.63) is 35.4 Å². The van der Waals surface area contributed by atoms with Gasteiger partial charge in [-0.25, -0.2) is 0 Å². The Morgan fingerprint density at radius 1 is 1.53 bits per heavy atom. The zero-order valence-electron chi connectivity index (χ0n) is 10.3. The first-order chi connectivity index (χ1) is 8.21. The zero-order valence-corrected chi connectivity index (χ0v) is 11.1. The molecule has 94 valence electrons. The molecule has 0 bridgehead atoms. The third kappa shape index (κ3) is 4.40. The van der Waals surface area contributed by atoms with E-state index in [1.54, 1.807) is 17.8 Å². The van der Waals surface area contributed by atoms with Gasteiger partial charge in [0.15, 0.2) is 0 Å². The molecule has 0 aliphatic heterocycles. The second kappa shape index (κ2) is 7.35. The second-order valence-electron chi connectivity index (χ2n) is 3.89. The largest absolute Gasteiger partial charge is 0.394 e. The molecule has 2 N–H and O–H groups in total. The number of nitrogens with one attached hydrogen (secondary N) is 1. The van der Waals surface area contributed by atoms with Crippen molar-refractivity contribution < 1.29 is 9.90 Å². The van der Waals surface area contributed by atoms with Crippen molar-refractivity contribution in [1.82, 2.24) is 5.32 Å². The van der Waals surface area contributed by atoms with E-state index in [1.165, 1.54) is 0 Å². The highest BCUT2D eigenvalue weighted by Gasteiger charge is 2.11. The van der Waals surface area contributed by atoms with Crippen LogP contribution in [-0.2, 0) is 5.75 Å². The van der Waals surface area contributed by atoms with Gasteiger partial charge in [0, 0.05) is 11.3 Å². The Bertz CT molecular complexity index is 364. The number of hydrogen-bond acceptors (Lipinski definition) is 3. The number of carbonyl (C=O) groups is 1. The Morgan fingerprint density at radius 2 is 2.29 bits per heavy atom. The van der Waals surface area contributed by atoms with E-state index in [4.69, 9.17) is 5.11 Å². The van der Waals surface area contributed by atoms with Gasteiger partial charge in [-0.05, 0) is 30.4 Å². The maximum absolute atomic E-state index is 11.9. The van der Waals surface area contributed by atoms with E-state index in [0.717, 1.165) is 17.7 Å². The molecule has 0 heterocycles. The van der Waals surface area contributed by atoms with Crippen LogP contribution in [0.3, 0.4) is 0 Å². The van der Waals surface area contributed by atoms with Crippen molar-refractivity contribution in [2.75, 3.05) is 12.9 Å². The van der Waals surface area contributed by atoms with Crippen LogP contribution in [0.2, 0.25) is 0 Å². The Kier molecular flexibility index (Phi) is 6.08. The summed E-state index contributed by atoms with van der Waals surface area (Å²) in [6, 6.07) is 7.43. The van der Waals surface area contributed by atoms with Crippen molar-refractivity contribution in [1.29, 1.82) is 0 Å². The number of thioether (sulfide) groups is 1. The fourth-order valence-electron chi connectivity index (χ4n) is 1.51. The van der Waals surface area contributed by atoms with E-state index in [9.17, 15) is 4.79 Å². The number of carbonyl (C=O) groups excluding carboxylic acids is 1. The van der Waals surface area contributed by atoms with Crippen LogP contribution < -0.4 is 5.32 Å². The molecule has 0 aromatic heterocycles. The average molecular weight is 253 g/mol. The summed E-state index contributed by atoms with van der Waals surface area (Å²) < 4.78 is 0. The molecule has 1 rings (SSSR count). The summed E-state index contributed by atoms with van der Waals surface area (Å²) in [7, 11) is 0. The average Bonchev–Trinajstić information content (AvgIpc) is 2.36. The lowest BCUT2D eigenvalue weighted by Gasteiger charge is -2.14. The van der Waals surface area contributed by atoms with Crippen molar-refractivity contribution >= 4 is 17.7 Å². The molecule has 1 aromatic rings. The quantitative estimate of drug-likeness (QED) is 0.816. The molecule has 4 heteroatoms. The van der Waals surface area contributed by atoms with Crippen molar-refractivity contribution in [2.45, 2.75) is 25.1 Å². The predicted molar refractivity (Wildman–Crippen MR) is 72.3 cm³/mol. The molecule has 1 amide bonds. The van der Waals surface area contributed by atoms with Crippen molar-refractivity contribution in [2.24, 2.45) is 0 Å². The fourth-order valence-corrected chi connectivity index (χ4v) is 2.03. The SMILES string of the molecule is CC[C@H](CO)NC(=O)c1cccc(CSC)c1. The summed E-state index contributed by atoms with van der Waals surface area (Å²) >= 11 is 1.73. The van der Waals surface area contributed by atoms with Crippen LogP contribution in [0.5, 0.6) is 0 Å². The lowest BCUT2D eigenvalue weighted by molar-refractivity contribution is 0.0915. The minimum absolute atomic E-state index is 0.0211. The van der Waals surface area contributed by atoms with E-state index in [2.05, 4.69) is 5.32 Å². The smallest absolute Gasteiger partial charge is 0.251 e. The summed E-state index contributed by atoms with van der Waals surface area (Å²) in [5, 5.41) is 11.8. The van der Waals surface area contributed by atoms with Crippen LogP contribution in [0.15, 0.2) is 24.3 Å². The molecule has 0 unspecified atom stereocenters. The topological polar surface area (TPSA) is 49.3 Å². The maximum Gasteiger partial charge on any atom is 0.251 e. The molecule has 1 atom stereocenters. The third-order valence-electron chi connectivity index (χ3n) is 2.55. The molecule has 1 aromatic carbocycles. The monoisotopic (exact) mass is 253 g/mol. The van der Waals surface area contributed by atoms with Gasteiger partial charge in [0.2, 0.25) is 0 Å². The van der Waals surface area contributed by atoms with E-state index < -0.39 is 0 Å². The minimum Gasteiger partial charge on any atom is -0.394 e. The van der Waals surface area contributed by atoms with Crippen LogP contribution in [-0.4, -0.2) is 29.9 Å². The van der Waals surface area contributed by atoms with Crippen molar-refractivity contribution in [3.8, 4) is 0 Å². The van der Waals surface area contributed by atoms with Crippen LogP contribution >= 0.6 is 11.8 Å². The highest BCUT2D eigenvalue weighted by Crippen LogP contribution is 2.11. The van der Waals surface area contributed by atoms with E-state index in [0.29, 0.717) is 5.56 Å². The molecule has 0 saturated heterocycles. The summed E-state index contributed by atoms with van der Waals surface area (Å²) in [4.78, 5) is 11.9. The predicted octanol–water partition coefficient (Wildman–Crippen LogP) is 2.05. The Labute approximate surface area is 107 Å². The second-order valence-corrected chi connectivity index (χ2v) is 4.76. The lowest BCUT2D eigenvalue weighted by Crippen LogP contribution is -2.36. The number of benzene rings is 1. The minimum atomic E-state index is -0.160. The number of rotatable bonds is 6. The first-order valence-corrected chi connectivity index (χ1v) is 7.10. The van der Waals surface area contributed by atoms with Crippen LogP contribution in [0.1, 0.15) is 29.3 Å². The van der Waals surface area contributed by atoms with E-state index in [-0.39, 0.29) is 18.6 Å². The van der Waals surface area contributed by atoms with E-state index >= 15 is 0 Å². The number of aliphatic hydroxyl groups is 1. The van der Waals surface area contributed by atoms with Crippen molar-refractivity contribution in [3.63, 3.8) is 0 Å². The fraction of sp³-hybridized carbons (Fsp3) is 0.462. The van der Waals surface area contributed by atoms with Gasteiger partial charge in [0.05, 0.1) is 12.6 Å². The van der Waals surface area contributed by atoms with E-state index in [1.807, 2.05) is 31.4 Å². The molecule has 0 spiro atoms. The standard InChI is InChI=1S/C13H19NO2S/c1-3-12(8-15)14-13(16)11-6-4-5-10(7-11)9-17-2/h4-7,12,15H,3,8-9H2,1-2H3,(H,14,16)/t12-/m1/s1. The molecule has 0 radical (unpaired) electrons. The molecule has 17 heavy (non-hydrogen) atoms. The lowest BCUT2D eigenvalue weighted by atomic mass is 10.1. The molecule has 0 aliphatic carbocycles. The summed E-state index contributed by atoms with van der Waals surface area (Å²) in [5.41, 5.74) is 1.80. The summed E-state index contributed by atoms with van der Waals surface area (Å²) in [6.45, 7) is 1.91. The summed E-state index contributed by atoms with van der Waals surface area (Å²) in [6.07, 6.45) is 2.76. The highest BCUT2D eigenvalue weighted by atomic mass is 32.2. The number of hydrogen-bond donors (Lipinski definition) is 2. The molecule has 0 saturated carbocycles. The Balaban J connectivity index is 2.71. The molecular formula is C13H19NO2S. The molecule has 0 fully saturated rings. The van der Waals surface area contributed by atoms with Crippen LogP contribution in [0, 0.1) is 0 Å². The maximum atomic E-state index is 11.9. The Morgan fingerprint density at radius 3 is 2.88 bits per heavy atom. The molecular weight excluding hydrogens is 234 g/mol. The highest BCUT2D eigenvalue weighted by molar-refractivity contribution is 7.97. The first kappa shape index (κ1) is 14.1. The van der Waals surface area contributed by atoms with Crippen LogP contribution in [0.25, 0.3) is 0 Å². The number of aliphatic hydroxyl groups excluding tert-OH is 1. The van der Waals surface area contributed by atoms with Crippen LogP contribution in [0.4, 0.5) is 0 Å². The van der Waals surface area contributed by atoms with Gasteiger partial charge < -0.3 is 10.4 Å². The first-order valence-electron chi connectivity index (χ1n) is 5.70. The van der Waals surface area contributed by atoms with Gasteiger partial charge in [-0.1, -0.05) is 19.1 Å². The molecule has 3 nitrogen and oxygen atoms in total.